The fourth-order valence-electron chi connectivity index (χ4n) is 2.09. The number of methoxy groups -OCH3 is 1. The Labute approximate surface area is 137 Å². The summed E-state index contributed by atoms with van der Waals surface area (Å²) in [5.74, 6) is -1.55. The maximum atomic E-state index is 12.4. The number of hydrogen-bond acceptors (Lipinski definition) is 5. The first-order chi connectivity index (χ1) is 10.8. The van der Waals surface area contributed by atoms with Gasteiger partial charge in [0.1, 0.15) is 5.00 Å². The molecule has 0 aliphatic rings. The molecule has 0 spiro atoms. The predicted molar refractivity (Wildman–Crippen MR) is 88.0 cm³/mol. The lowest BCUT2D eigenvalue weighted by atomic mass is 10.1. The lowest BCUT2D eigenvalue weighted by Crippen LogP contribution is -2.17. The second-order valence-corrected chi connectivity index (χ2v) is 6.10. The zero-order valence-corrected chi connectivity index (χ0v) is 13.7. The number of nitrogens with two attached hydrogens (primary N) is 1. The molecule has 0 saturated heterocycles. The molecule has 2 rings (SSSR count). The van der Waals surface area contributed by atoms with Crippen LogP contribution < -0.4 is 11.1 Å². The highest BCUT2D eigenvalue weighted by Gasteiger charge is 2.20. The minimum absolute atomic E-state index is 0.272. The Balaban J connectivity index is 2.32. The smallest absolute Gasteiger partial charge is 0.337 e. The maximum Gasteiger partial charge on any atom is 0.337 e. The minimum atomic E-state index is -0.592. The molecule has 0 bridgehead atoms. The quantitative estimate of drug-likeness (QED) is 0.840. The molecule has 7 heteroatoms. The predicted octanol–water partition coefficient (Wildman–Crippen LogP) is 2.50. The second-order valence-electron chi connectivity index (χ2n) is 4.88. The molecule has 1 aromatic heterocycles. The maximum absolute atomic E-state index is 12.4. The van der Waals surface area contributed by atoms with Crippen LogP contribution in [0, 0.1) is 13.8 Å². The third-order valence-corrected chi connectivity index (χ3v) is 4.53. The molecule has 23 heavy (non-hydrogen) atoms. The summed E-state index contributed by atoms with van der Waals surface area (Å²) in [5.41, 5.74) is 7.00. The minimum Gasteiger partial charge on any atom is -0.465 e. The lowest BCUT2D eigenvalue weighted by molar-refractivity contribution is 0.0600. The number of hydrogen-bond donors (Lipinski definition) is 2. The van der Waals surface area contributed by atoms with E-state index >= 15 is 0 Å². The van der Waals surface area contributed by atoms with Gasteiger partial charge in [0.25, 0.3) is 11.8 Å². The fraction of sp³-hybridized carbons (Fsp3) is 0.188. The first-order valence-electron chi connectivity index (χ1n) is 6.74. The number of nitrogens with one attached hydrogen (secondary N) is 1. The molecule has 0 unspecified atom stereocenters. The number of aryl methyl sites for hydroxylation is 1. The van der Waals surface area contributed by atoms with Gasteiger partial charge in [-0.15, -0.1) is 11.3 Å². The van der Waals surface area contributed by atoms with Gasteiger partial charge in [0, 0.05) is 10.4 Å². The Bertz CT molecular complexity index is 795. The van der Waals surface area contributed by atoms with Gasteiger partial charge in [-0.05, 0) is 37.6 Å². The summed E-state index contributed by atoms with van der Waals surface area (Å²) in [4.78, 5) is 36.4. The van der Waals surface area contributed by atoms with Crippen molar-refractivity contribution in [1.82, 2.24) is 0 Å². The molecule has 0 atom stereocenters. The summed E-state index contributed by atoms with van der Waals surface area (Å²) in [6.45, 7) is 3.62. The van der Waals surface area contributed by atoms with Gasteiger partial charge in [0.2, 0.25) is 0 Å². The molecule has 2 aromatic rings. The molecule has 1 aromatic carbocycles. The van der Waals surface area contributed by atoms with Crippen molar-refractivity contribution in [2.45, 2.75) is 13.8 Å². The molecule has 1 heterocycles. The highest BCUT2D eigenvalue weighted by Crippen LogP contribution is 2.32. The Hall–Kier alpha value is -2.67. The van der Waals surface area contributed by atoms with Crippen molar-refractivity contribution < 1.29 is 19.1 Å². The summed E-state index contributed by atoms with van der Waals surface area (Å²) >= 11 is 1.28. The van der Waals surface area contributed by atoms with Crippen LogP contribution in [-0.2, 0) is 4.74 Å². The standard InChI is InChI=1S/C16H16N2O4S/c1-8-9(2)23-15(12(8)13(17)19)18-14(20)10-5-4-6-11(7-10)16(21)22-3/h4-7H,1-3H3,(H2,17,19)(H,18,20). The number of thiophene rings is 1. The highest BCUT2D eigenvalue weighted by molar-refractivity contribution is 7.16. The molecular weight excluding hydrogens is 316 g/mol. The number of esters is 1. The van der Waals surface area contributed by atoms with Crippen LogP contribution in [-0.4, -0.2) is 24.9 Å². The van der Waals surface area contributed by atoms with Crippen LogP contribution >= 0.6 is 11.3 Å². The Morgan fingerprint density at radius 3 is 2.43 bits per heavy atom. The van der Waals surface area contributed by atoms with Gasteiger partial charge in [0.15, 0.2) is 0 Å². The van der Waals surface area contributed by atoms with E-state index in [1.165, 1.54) is 24.5 Å². The van der Waals surface area contributed by atoms with Crippen molar-refractivity contribution in [2.75, 3.05) is 12.4 Å². The van der Waals surface area contributed by atoms with E-state index in [0.29, 0.717) is 10.6 Å². The van der Waals surface area contributed by atoms with Crippen LogP contribution in [0.1, 0.15) is 41.5 Å². The van der Waals surface area contributed by atoms with Crippen LogP contribution in [0.5, 0.6) is 0 Å². The average Bonchev–Trinajstić information content (AvgIpc) is 2.80. The molecular formula is C16H16N2O4S. The molecule has 3 N–H and O–H groups in total. The van der Waals surface area contributed by atoms with Crippen molar-refractivity contribution in [3.8, 4) is 0 Å². The van der Waals surface area contributed by atoms with Gasteiger partial charge < -0.3 is 15.8 Å². The SMILES string of the molecule is COC(=O)c1cccc(C(=O)Nc2sc(C)c(C)c2C(N)=O)c1. The van der Waals surface area contributed by atoms with Gasteiger partial charge in [0.05, 0.1) is 18.2 Å². The molecule has 0 aliphatic heterocycles. The van der Waals surface area contributed by atoms with E-state index in [1.807, 2.05) is 6.92 Å². The van der Waals surface area contributed by atoms with Crippen molar-refractivity contribution in [3.63, 3.8) is 0 Å². The number of anilines is 1. The van der Waals surface area contributed by atoms with Gasteiger partial charge in [-0.25, -0.2) is 4.79 Å². The molecule has 0 saturated carbocycles. The molecule has 0 radical (unpaired) electrons. The lowest BCUT2D eigenvalue weighted by Gasteiger charge is -2.06. The molecule has 0 fully saturated rings. The molecule has 6 nitrogen and oxygen atoms in total. The number of ether oxygens (including phenoxy) is 1. The van der Waals surface area contributed by atoms with E-state index in [4.69, 9.17) is 5.73 Å². The van der Waals surface area contributed by atoms with Crippen molar-refractivity contribution >= 4 is 34.1 Å². The van der Waals surface area contributed by atoms with Gasteiger partial charge in [-0.2, -0.15) is 0 Å². The Morgan fingerprint density at radius 2 is 1.83 bits per heavy atom. The Morgan fingerprint density at radius 1 is 1.17 bits per heavy atom. The number of primary amides is 1. The number of rotatable bonds is 4. The van der Waals surface area contributed by atoms with Crippen molar-refractivity contribution in [2.24, 2.45) is 5.73 Å². The highest BCUT2D eigenvalue weighted by atomic mass is 32.1. The molecule has 2 amide bonds. The molecule has 0 aliphatic carbocycles. The van der Waals surface area contributed by atoms with Crippen molar-refractivity contribution in [1.29, 1.82) is 0 Å². The van der Waals surface area contributed by atoms with Crippen LogP contribution in [0.2, 0.25) is 0 Å². The summed E-state index contributed by atoms with van der Waals surface area (Å²) in [6.07, 6.45) is 0. The van der Waals surface area contributed by atoms with E-state index < -0.39 is 17.8 Å². The summed E-state index contributed by atoms with van der Waals surface area (Å²) < 4.78 is 4.63. The van der Waals surface area contributed by atoms with Crippen LogP contribution in [0.3, 0.4) is 0 Å². The van der Waals surface area contributed by atoms with Crippen LogP contribution in [0.15, 0.2) is 24.3 Å². The normalized spacial score (nSPS) is 10.2. The van der Waals surface area contributed by atoms with Crippen LogP contribution in [0.25, 0.3) is 0 Å². The topological polar surface area (TPSA) is 98.5 Å². The molecule has 120 valence electrons. The zero-order chi connectivity index (χ0) is 17.1. The van der Waals surface area contributed by atoms with Gasteiger partial charge in [-0.1, -0.05) is 6.07 Å². The average molecular weight is 332 g/mol. The number of benzene rings is 1. The largest absolute Gasteiger partial charge is 0.465 e. The van der Waals surface area contributed by atoms with E-state index in [0.717, 1.165) is 10.4 Å². The number of carbonyl (C=O) groups excluding carboxylic acids is 3. The van der Waals surface area contributed by atoms with Gasteiger partial charge in [-0.3, -0.25) is 9.59 Å². The van der Waals surface area contributed by atoms with Gasteiger partial charge >= 0.3 is 5.97 Å². The first kappa shape index (κ1) is 16.7. The fourth-order valence-corrected chi connectivity index (χ4v) is 3.15. The number of carbonyl (C=O) groups is 3. The number of amides is 2. The second kappa shape index (κ2) is 6.62. The van der Waals surface area contributed by atoms with Crippen LogP contribution in [0.4, 0.5) is 5.00 Å². The van der Waals surface area contributed by atoms with E-state index in [9.17, 15) is 14.4 Å². The summed E-state index contributed by atoms with van der Waals surface area (Å²) in [6, 6.07) is 6.13. The van der Waals surface area contributed by atoms with E-state index in [-0.39, 0.29) is 11.1 Å². The third kappa shape index (κ3) is 3.40. The summed E-state index contributed by atoms with van der Waals surface area (Å²) in [5, 5.41) is 3.08. The zero-order valence-electron chi connectivity index (χ0n) is 12.9. The summed E-state index contributed by atoms with van der Waals surface area (Å²) in [7, 11) is 1.27. The monoisotopic (exact) mass is 332 g/mol. The van der Waals surface area contributed by atoms with E-state index in [2.05, 4.69) is 10.1 Å². The van der Waals surface area contributed by atoms with Crippen molar-refractivity contribution in [3.05, 3.63) is 51.4 Å². The third-order valence-electron chi connectivity index (χ3n) is 3.40. The van der Waals surface area contributed by atoms with E-state index in [1.54, 1.807) is 25.1 Å². The Kier molecular flexibility index (Phi) is 4.80. The first-order valence-corrected chi connectivity index (χ1v) is 7.56.